The molecule has 1 aromatic carbocycles. The monoisotopic (exact) mass is 200 g/mol. The normalized spacial score (nSPS) is 9.31. The summed E-state index contributed by atoms with van der Waals surface area (Å²) in [5, 5.41) is 11.7. The second-order valence-electron chi connectivity index (χ2n) is 2.17. The lowest BCUT2D eigenvalue weighted by atomic mass is 10.3. The van der Waals surface area contributed by atoms with E-state index in [1.54, 1.807) is 6.07 Å². The maximum Gasteiger partial charge on any atom is 0.318 e. The molecule has 1 rings (SSSR count). The summed E-state index contributed by atoms with van der Waals surface area (Å²) in [7, 11) is 0. The summed E-state index contributed by atoms with van der Waals surface area (Å²) in [6.07, 6.45) is 0. The number of nitro groups is 1. The van der Waals surface area contributed by atoms with E-state index in [2.05, 4.69) is 5.32 Å². The second-order valence-corrected chi connectivity index (χ2v) is 2.52. The van der Waals surface area contributed by atoms with Crippen molar-refractivity contribution < 1.29 is 9.72 Å². The standard InChI is InChI=1S/C7H5ClN2O3/c8-7(11)9-5-3-1-2-4-6(5)10(12)13/h1-4H,(H,9,11). The molecule has 0 aromatic heterocycles. The molecule has 0 heterocycles. The molecule has 68 valence electrons. The minimum absolute atomic E-state index is 0.0903. The first-order valence-electron chi connectivity index (χ1n) is 3.31. The largest absolute Gasteiger partial charge is 0.318 e. The minimum atomic E-state index is -0.852. The molecule has 0 radical (unpaired) electrons. The Kier molecular flexibility index (Phi) is 2.81. The molecular formula is C7H5ClN2O3. The van der Waals surface area contributed by atoms with Crippen molar-refractivity contribution in [1.82, 2.24) is 0 Å². The molecule has 1 aromatic rings. The predicted octanol–water partition coefficient (Wildman–Crippen LogP) is 2.37. The van der Waals surface area contributed by atoms with Gasteiger partial charge in [-0.05, 0) is 17.7 Å². The van der Waals surface area contributed by atoms with Gasteiger partial charge >= 0.3 is 5.37 Å². The van der Waals surface area contributed by atoms with Crippen LogP contribution in [0.1, 0.15) is 0 Å². The molecule has 1 N–H and O–H groups in total. The van der Waals surface area contributed by atoms with Crippen molar-refractivity contribution in [3.8, 4) is 0 Å². The van der Waals surface area contributed by atoms with Gasteiger partial charge in [0, 0.05) is 6.07 Å². The van der Waals surface area contributed by atoms with Crippen molar-refractivity contribution in [3.05, 3.63) is 34.4 Å². The maximum atomic E-state index is 10.4. The number of carbonyl (C=O) groups excluding carboxylic acids is 1. The lowest BCUT2D eigenvalue weighted by Crippen LogP contribution is -2.03. The van der Waals surface area contributed by atoms with Gasteiger partial charge < -0.3 is 5.32 Å². The van der Waals surface area contributed by atoms with E-state index in [0.29, 0.717) is 0 Å². The molecule has 0 unspecified atom stereocenters. The molecule has 0 saturated heterocycles. The number of nitrogens with zero attached hydrogens (tertiary/aromatic N) is 1. The summed E-state index contributed by atoms with van der Waals surface area (Å²) < 4.78 is 0. The van der Waals surface area contributed by atoms with Crippen LogP contribution in [-0.4, -0.2) is 10.3 Å². The molecule has 0 bridgehead atoms. The molecule has 0 fully saturated rings. The number of nitro benzene ring substituents is 1. The van der Waals surface area contributed by atoms with Gasteiger partial charge in [0.2, 0.25) is 0 Å². The fourth-order valence-electron chi connectivity index (χ4n) is 0.844. The van der Waals surface area contributed by atoms with Crippen molar-refractivity contribution in [3.63, 3.8) is 0 Å². The average molecular weight is 201 g/mol. The van der Waals surface area contributed by atoms with E-state index in [1.807, 2.05) is 0 Å². The lowest BCUT2D eigenvalue weighted by Gasteiger charge is -2.00. The molecule has 0 atom stereocenters. The van der Waals surface area contributed by atoms with Gasteiger partial charge in [-0.25, -0.2) is 0 Å². The van der Waals surface area contributed by atoms with Gasteiger partial charge in [0.1, 0.15) is 5.69 Å². The SMILES string of the molecule is O=C(Cl)Nc1ccccc1[N+](=O)[O-]. The fraction of sp³-hybridized carbons (Fsp3) is 0. The van der Waals surface area contributed by atoms with Crippen LogP contribution in [0.15, 0.2) is 24.3 Å². The van der Waals surface area contributed by atoms with Gasteiger partial charge in [-0.2, -0.15) is 0 Å². The molecular weight excluding hydrogens is 196 g/mol. The fourth-order valence-corrected chi connectivity index (χ4v) is 0.946. The highest BCUT2D eigenvalue weighted by Gasteiger charge is 2.12. The molecule has 5 nitrogen and oxygen atoms in total. The zero-order valence-corrected chi connectivity index (χ0v) is 7.12. The average Bonchev–Trinajstić information content (AvgIpc) is 2.03. The lowest BCUT2D eigenvalue weighted by molar-refractivity contribution is -0.383. The smallest absolute Gasteiger partial charge is 0.307 e. The summed E-state index contributed by atoms with van der Waals surface area (Å²) >= 11 is 5.02. The molecule has 0 aliphatic heterocycles. The summed E-state index contributed by atoms with van der Waals surface area (Å²) in [6, 6.07) is 5.75. The van der Waals surface area contributed by atoms with Crippen molar-refractivity contribution in [1.29, 1.82) is 0 Å². The highest BCUT2D eigenvalue weighted by Crippen LogP contribution is 2.23. The Bertz CT molecular complexity index is 353. The quantitative estimate of drug-likeness (QED) is 0.345. The minimum Gasteiger partial charge on any atom is -0.307 e. The van der Waals surface area contributed by atoms with E-state index in [1.165, 1.54) is 18.2 Å². The van der Waals surface area contributed by atoms with Crippen LogP contribution in [0.3, 0.4) is 0 Å². The van der Waals surface area contributed by atoms with Crippen LogP contribution in [0, 0.1) is 10.1 Å². The Balaban J connectivity index is 3.04. The molecule has 0 saturated carbocycles. The van der Waals surface area contributed by atoms with Gasteiger partial charge in [-0.15, -0.1) is 0 Å². The third-order valence-corrected chi connectivity index (χ3v) is 1.43. The van der Waals surface area contributed by atoms with Crippen LogP contribution in [0.25, 0.3) is 0 Å². The van der Waals surface area contributed by atoms with Crippen LogP contribution in [0.2, 0.25) is 0 Å². The van der Waals surface area contributed by atoms with Gasteiger partial charge in [0.05, 0.1) is 4.92 Å². The van der Waals surface area contributed by atoms with Crippen molar-refractivity contribution >= 4 is 28.3 Å². The number of nitrogens with one attached hydrogen (secondary N) is 1. The number of rotatable bonds is 2. The highest BCUT2D eigenvalue weighted by molar-refractivity contribution is 6.65. The van der Waals surface area contributed by atoms with Crippen LogP contribution >= 0.6 is 11.6 Å². The Morgan fingerprint density at radius 2 is 2.08 bits per heavy atom. The van der Waals surface area contributed by atoms with Crippen LogP contribution < -0.4 is 5.32 Å². The molecule has 0 aliphatic rings. The van der Waals surface area contributed by atoms with Crippen molar-refractivity contribution in [2.24, 2.45) is 0 Å². The molecule has 6 heteroatoms. The van der Waals surface area contributed by atoms with Crippen LogP contribution in [0.4, 0.5) is 16.2 Å². The van der Waals surface area contributed by atoms with Crippen molar-refractivity contribution in [2.75, 3.05) is 5.32 Å². The van der Waals surface area contributed by atoms with E-state index in [-0.39, 0.29) is 11.4 Å². The first-order valence-corrected chi connectivity index (χ1v) is 3.69. The zero-order valence-electron chi connectivity index (χ0n) is 6.36. The Labute approximate surface area is 78.5 Å². The first-order chi connectivity index (χ1) is 6.11. The summed E-state index contributed by atoms with van der Waals surface area (Å²) in [4.78, 5) is 20.2. The number of halogens is 1. The number of amides is 1. The van der Waals surface area contributed by atoms with E-state index in [0.717, 1.165) is 0 Å². The van der Waals surface area contributed by atoms with Crippen LogP contribution in [0.5, 0.6) is 0 Å². The summed E-state index contributed by atoms with van der Waals surface area (Å²) in [5.41, 5.74) is -0.0935. The van der Waals surface area contributed by atoms with Gasteiger partial charge in [0.25, 0.3) is 5.69 Å². The number of hydrogen-bond donors (Lipinski definition) is 1. The van der Waals surface area contributed by atoms with Crippen LogP contribution in [-0.2, 0) is 0 Å². The number of hydrogen-bond acceptors (Lipinski definition) is 3. The zero-order chi connectivity index (χ0) is 9.84. The Morgan fingerprint density at radius 3 is 2.62 bits per heavy atom. The Hall–Kier alpha value is -1.62. The number of para-hydroxylation sites is 2. The third kappa shape index (κ3) is 2.41. The molecule has 13 heavy (non-hydrogen) atoms. The van der Waals surface area contributed by atoms with E-state index < -0.39 is 10.3 Å². The topological polar surface area (TPSA) is 72.2 Å². The second kappa shape index (κ2) is 3.86. The van der Waals surface area contributed by atoms with Gasteiger partial charge in [0.15, 0.2) is 0 Å². The highest BCUT2D eigenvalue weighted by atomic mass is 35.5. The first kappa shape index (κ1) is 9.47. The summed E-state index contributed by atoms with van der Waals surface area (Å²) in [6.45, 7) is 0. The number of carbonyl (C=O) groups is 1. The number of benzene rings is 1. The third-order valence-electron chi connectivity index (χ3n) is 1.33. The van der Waals surface area contributed by atoms with E-state index in [9.17, 15) is 14.9 Å². The Morgan fingerprint density at radius 1 is 1.46 bits per heavy atom. The van der Waals surface area contributed by atoms with E-state index in [4.69, 9.17) is 11.6 Å². The van der Waals surface area contributed by atoms with E-state index >= 15 is 0 Å². The summed E-state index contributed by atoms with van der Waals surface area (Å²) in [5.74, 6) is 0. The predicted molar refractivity (Wildman–Crippen MR) is 48.0 cm³/mol. The van der Waals surface area contributed by atoms with Crippen molar-refractivity contribution in [2.45, 2.75) is 0 Å². The maximum absolute atomic E-state index is 10.4. The van der Waals surface area contributed by atoms with Gasteiger partial charge in [-0.1, -0.05) is 12.1 Å². The molecule has 1 amide bonds. The number of anilines is 1. The molecule has 0 spiro atoms. The van der Waals surface area contributed by atoms with Gasteiger partial charge in [-0.3, -0.25) is 14.9 Å². The molecule has 0 aliphatic carbocycles.